The third-order valence-electron chi connectivity index (χ3n) is 3.35. The van der Waals surface area contributed by atoms with E-state index in [0.717, 1.165) is 10.4 Å². The summed E-state index contributed by atoms with van der Waals surface area (Å²) < 4.78 is 54.1. The highest BCUT2D eigenvalue weighted by atomic mass is 32.2. The Morgan fingerprint density at radius 3 is 2.12 bits per heavy atom. The lowest BCUT2D eigenvalue weighted by Crippen LogP contribution is -2.31. The number of sulfonamides is 2. The number of nitrogens with one attached hydrogen (secondary N) is 1. The van der Waals surface area contributed by atoms with E-state index in [1.54, 1.807) is 0 Å². The fourth-order valence-corrected chi connectivity index (χ4v) is 4.75. The van der Waals surface area contributed by atoms with Gasteiger partial charge in [0.15, 0.2) is 0 Å². The SMILES string of the molecule is C=CCN(CC=C)S(=O)(=O)c1cccc(S(=O)(=O)Nc2ccncc2)c1. The average Bonchev–Trinajstić information content (AvgIpc) is 2.62. The van der Waals surface area contributed by atoms with Crippen molar-refractivity contribution in [3.63, 3.8) is 0 Å². The van der Waals surface area contributed by atoms with E-state index in [-0.39, 0.29) is 22.9 Å². The summed E-state index contributed by atoms with van der Waals surface area (Å²) in [6, 6.07) is 8.17. The van der Waals surface area contributed by atoms with Gasteiger partial charge in [0.1, 0.15) is 0 Å². The van der Waals surface area contributed by atoms with Crippen LogP contribution in [-0.2, 0) is 20.0 Å². The summed E-state index contributed by atoms with van der Waals surface area (Å²) in [5.41, 5.74) is 0.327. The molecule has 0 fully saturated rings. The van der Waals surface area contributed by atoms with Crippen LogP contribution in [0.25, 0.3) is 0 Å². The molecule has 26 heavy (non-hydrogen) atoms. The van der Waals surface area contributed by atoms with Crippen molar-refractivity contribution in [2.75, 3.05) is 17.8 Å². The predicted molar refractivity (Wildman–Crippen MR) is 101 cm³/mol. The lowest BCUT2D eigenvalue weighted by Gasteiger charge is -2.19. The van der Waals surface area contributed by atoms with Crippen LogP contribution in [0.5, 0.6) is 0 Å². The summed E-state index contributed by atoms with van der Waals surface area (Å²) in [4.78, 5) is 3.53. The summed E-state index contributed by atoms with van der Waals surface area (Å²) in [6.07, 6.45) is 5.79. The standard InChI is InChI=1S/C17H19N3O4S2/c1-3-12-20(13-4-2)26(23,24)17-7-5-6-16(14-17)25(21,22)19-15-8-10-18-11-9-15/h3-11,14H,1-2,12-13H2,(H,18,19). The van der Waals surface area contributed by atoms with Crippen LogP contribution >= 0.6 is 0 Å². The molecule has 1 aromatic carbocycles. The van der Waals surface area contributed by atoms with Gasteiger partial charge >= 0.3 is 0 Å². The second-order valence-corrected chi connectivity index (χ2v) is 8.84. The van der Waals surface area contributed by atoms with Crippen molar-refractivity contribution >= 4 is 25.7 Å². The molecule has 9 heteroatoms. The molecule has 0 radical (unpaired) electrons. The van der Waals surface area contributed by atoms with E-state index < -0.39 is 20.0 Å². The highest BCUT2D eigenvalue weighted by Crippen LogP contribution is 2.21. The molecule has 2 aromatic rings. The zero-order valence-corrected chi connectivity index (χ0v) is 15.6. The second-order valence-electron chi connectivity index (χ2n) is 5.22. The molecule has 0 spiro atoms. The Balaban J connectivity index is 2.40. The van der Waals surface area contributed by atoms with Crippen LogP contribution < -0.4 is 4.72 Å². The van der Waals surface area contributed by atoms with Gasteiger partial charge in [0, 0.05) is 25.5 Å². The number of hydrogen-bond acceptors (Lipinski definition) is 5. The third kappa shape index (κ3) is 4.57. The van der Waals surface area contributed by atoms with Gasteiger partial charge < -0.3 is 0 Å². The van der Waals surface area contributed by atoms with Crippen molar-refractivity contribution in [3.05, 3.63) is 74.1 Å². The Morgan fingerprint density at radius 2 is 1.54 bits per heavy atom. The molecule has 138 valence electrons. The van der Waals surface area contributed by atoms with Crippen LogP contribution in [0.4, 0.5) is 5.69 Å². The monoisotopic (exact) mass is 393 g/mol. The highest BCUT2D eigenvalue weighted by molar-refractivity contribution is 7.93. The van der Waals surface area contributed by atoms with Gasteiger partial charge in [-0.15, -0.1) is 13.2 Å². The molecule has 2 rings (SSSR count). The van der Waals surface area contributed by atoms with Crippen molar-refractivity contribution in [1.29, 1.82) is 0 Å². The molecule has 0 amide bonds. The van der Waals surface area contributed by atoms with E-state index in [4.69, 9.17) is 0 Å². The number of aromatic nitrogens is 1. The summed E-state index contributed by atoms with van der Waals surface area (Å²) >= 11 is 0. The van der Waals surface area contributed by atoms with Gasteiger partial charge in [-0.1, -0.05) is 18.2 Å². The minimum Gasteiger partial charge on any atom is -0.280 e. The fourth-order valence-electron chi connectivity index (χ4n) is 2.14. The lowest BCUT2D eigenvalue weighted by molar-refractivity contribution is 0.474. The summed E-state index contributed by atoms with van der Waals surface area (Å²) in [6.45, 7) is 7.25. The maximum Gasteiger partial charge on any atom is 0.261 e. The van der Waals surface area contributed by atoms with E-state index in [2.05, 4.69) is 22.9 Å². The Labute approximate surface area is 153 Å². The molecule has 7 nitrogen and oxygen atoms in total. The quantitative estimate of drug-likeness (QED) is 0.659. The Bertz CT molecular complexity index is 978. The first-order chi connectivity index (χ1) is 12.3. The molecule has 0 bridgehead atoms. The Hall–Kier alpha value is -2.49. The normalized spacial score (nSPS) is 11.9. The maximum atomic E-state index is 12.8. The number of nitrogens with zero attached hydrogens (tertiary/aromatic N) is 2. The number of rotatable bonds is 9. The molecule has 0 aliphatic heterocycles. The molecular formula is C17H19N3O4S2. The third-order valence-corrected chi connectivity index (χ3v) is 6.56. The zero-order valence-electron chi connectivity index (χ0n) is 13.9. The topological polar surface area (TPSA) is 96.4 Å². The van der Waals surface area contributed by atoms with Crippen LogP contribution in [0.3, 0.4) is 0 Å². The van der Waals surface area contributed by atoms with Crippen LogP contribution in [0.2, 0.25) is 0 Å². The van der Waals surface area contributed by atoms with Crippen molar-refractivity contribution in [3.8, 4) is 0 Å². The second kappa shape index (κ2) is 8.26. The zero-order chi connectivity index (χ0) is 19.2. The van der Waals surface area contributed by atoms with Crippen LogP contribution in [0, 0.1) is 0 Å². The van der Waals surface area contributed by atoms with Gasteiger partial charge in [-0.05, 0) is 30.3 Å². The number of benzene rings is 1. The summed E-state index contributed by atoms with van der Waals surface area (Å²) in [5.74, 6) is 0. The molecule has 0 aliphatic carbocycles. The molecule has 0 unspecified atom stereocenters. The van der Waals surface area contributed by atoms with Crippen LogP contribution in [0.15, 0.2) is 83.9 Å². The van der Waals surface area contributed by atoms with E-state index in [0.29, 0.717) is 5.69 Å². The van der Waals surface area contributed by atoms with Crippen LogP contribution in [-0.4, -0.2) is 39.2 Å². The molecule has 1 aromatic heterocycles. The first kappa shape index (κ1) is 19.8. The van der Waals surface area contributed by atoms with Crippen LogP contribution in [0.1, 0.15) is 0 Å². The highest BCUT2D eigenvalue weighted by Gasteiger charge is 2.24. The van der Waals surface area contributed by atoms with Gasteiger partial charge in [0.25, 0.3) is 10.0 Å². The molecule has 1 N–H and O–H groups in total. The maximum absolute atomic E-state index is 12.8. The van der Waals surface area contributed by atoms with Crippen molar-refractivity contribution in [1.82, 2.24) is 9.29 Å². The smallest absolute Gasteiger partial charge is 0.261 e. The molecule has 0 aliphatic rings. The molecule has 0 saturated carbocycles. The minimum absolute atomic E-state index is 0.0839. The van der Waals surface area contributed by atoms with Crippen molar-refractivity contribution < 1.29 is 16.8 Å². The average molecular weight is 393 g/mol. The van der Waals surface area contributed by atoms with E-state index in [9.17, 15) is 16.8 Å². The minimum atomic E-state index is -3.95. The molecular weight excluding hydrogens is 374 g/mol. The van der Waals surface area contributed by atoms with Gasteiger partial charge in [-0.2, -0.15) is 4.31 Å². The van der Waals surface area contributed by atoms with Crippen molar-refractivity contribution in [2.45, 2.75) is 9.79 Å². The van der Waals surface area contributed by atoms with Gasteiger partial charge in [-0.25, -0.2) is 16.8 Å². The lowest BCUT2D eigenvalue weighted by atomic mass is 10.4. The van der Waals surface area contributed by atoms with E-state index in [1.165, 1.54) is 54.9 Å². The van der Waals surface area contributed by atoms with Gasteiger partial charge in [-0.3, -0.25) is 9.71 Å². The van der Waals surface area contributed by atoms with Gasteiger partial charge in [0.05, 0.1) is 15.5 Å². The fraction of sp³-hybridized carbons (Fsp3) is 0.118. The van der Waals surface area contributed by atoms with Gasteiger partial charge in [0.2, 0.25) is 10.0 Å². The molecule has 1 heterocycles. The molecule has 0 atom stereocenters. The Kier molecular flexibility index (Phi) is 6.30. The largest absolute Gasteiger partial charge is 0.280 e. The first-order valence-corrected chi connectivity index (χ1v) is 10.5. The predicted octanol–water partition coefficient (Wildman–Crippen LogP) is 2.25. The Morgan fingerprint density at radius 1 is 0.962 bits per heavy atom. The molecule has 0 saturated heterocycles. The van der Waals surface area contributed by atoms with E-state index >= 15 is 0 Å². The van der Waals surface area contributed by atoms with E-state index in [1.807, 2.05) is 0 Å². The number of pyridine rings is 1. The summed E-state index contributed by atoms with van der Waals surface area (Å²) in [7, 11) is -7.84. The van der Waals surface area contributed by atoms with Crippen molar-refractivity contribution in [2.24, 2.45) is 0 Å². The number of hydrogen-bond donors (Lipinski definition) is 1. The number of anilines is 1. The summed E-state index contributed by atoms with van der Waals surface area (Å²) in [5, 5.41) is 0. The first-order valence-electron chi connectivity index (χ1n) is 7.56.